The lowest BCUT2D eigenvalue weighted by Crippen LogP contribution is -2.58. The summed E-state index contributed by atoms with van der Waals surface area (Å²) >= 11 is 0. The fourth-order valence-electron chi connectivity index (χ4n) is 3.88. The van der Waals surface area contributed by atoms with Crippen molar-refractivity contribution >= 4 is 11.6 Å². The van der Waals surface area contributed by atoms with Crippen LogP contribution in [0.5, 0.6) is 11.6 Å². The SMILES string of the molecule is COc1nc2cc(OC3CCOCC3)ccn2c1C(NC(=O)c1ccccc1)(OC)C(F)(F)F. The predicted molar refractivity (Wildman–Crippen MR) is 115 cm³/mol. The highest BCUT2D eigenvalue weighted by Crippen LogP contribution is 2.44. The van der Waals surface area contributed by atoms with E-state index in [1.807, 2.05) is 5.32 Å². The van der Waals surface area contributed by atoms with Crippen molar-refractivity contribution in [2.45, 2.75) is 30.8 Å². The van der Waals surface area contributed by atoms with Gasteiger partial charge in [0, 0.05) is 37.8 Å². The molecule has 1 fully saturated rings. The highest BCUT2D eigenvalue weighted by atomic mass is 19.4. The number of halogens is 3. The molecule has 182 valence electrons. The van der Waals surface area contributed by atoms with E-state index in [4.69, 9.17) is 18.9 Å². The van der Waals surface area contributed by atoms with Crippen molar-refractivity contribution in [3.05, 3.63) is 59.9 Å². The molecule has 34 heavy (non-hydrogen) atoms. The van der Waals surface area contributed by atoms with Crippen molar-refractivity contribution in [1.82, 2.24) is 14.7 Å². The van der Waals surface area contributed by atoms with Gasteiger partial charge in [-0.05, 0) is 18.2 Å². The van der Waals surface area contributed by atoms with Crippen LogP contribution >= 0.6 is 0 Å². The Morgan fingerprint density at radius 2 is 1.85 bits per heavy atom. The van der Waals surface area contributed by atoms with E-state index < -0.39 is 23.5 Å². The summed E-state index contributed by atoms with van der Waals surface area (Å²) in [5, 5.41) is 2.01. The molecule has 11 heteroatoms. The monoisotopic (exact) mass is 479 g/mol. The molecule has 1 N–H and O–H groups in total. The van der Waals surface area contributed by atoms with Gasteiger partial charge in [0.15, 0.2) is 0 Å². The number of nitrogens with zero attached hydrogens (tertiary/aromatic N) is 2. The van der Waals surface area contributed by atoms with Crippen LogP contribution in [0.15, 0.2) is 48.7 Å². The predicted octanol–water partition coefficient (Wildman–Crippen LogP) is 3.69. The average molecular weight is 479 g/mol. The van der Waals surface area contributed by atoms with Crippen LogP contribution < -0.4 is 14.8 Å². The van der Waals surface area contributed by atoms with Crippen LogP contribution in [0.25, 0.3) is 5.65 Å². The average Bonchev–Trinajstić information content (AvgIpc) is 3.21. The number of hydrogen-bond donors (Lipinski definition) is 1. The normalized spacial score (nSPS) is 16.7. The van der Waals surface area contributed by atoms with E-state index in [-0.39, 0.29) is 23.2 Å². The van der Waals surface area contributed by atoms with Crippen molar-refractivity contribution in [3.63, 3.8) is 0 Å². The third-order valence-corrected chi connectivity index (χ3v) is 5.59. The van der Waals surface area contributed by atoms with Crippen molar-refractivity contribution in [1.29, 1.82) is 0 Å². The first kappa shape index (κ1) is 23.8. The van der Waals surface area contributed by atoms with E-state index >= 15 is 0 Å². The van der Waals surface area contributed by atoms with E-state index in [9.17, 15) is 18.0 Å². The molecule has 1 unspecified atom stereocenters. The molecule has 1 aromatic carbocycles. The molecule has 1 aliphatic rings. The highest BCUT2D eigenvalue weighted by molar-refractivity contribution is 5.94. The Hall–Kier alpha value is -3.31. The third kappa shape index (κ3) is 4.40. The summed E-state index contributed by atoms with van der Waals surface area (Å²) < 4.78 is 66.3. The number of hydrogen-bond acceptors (Lipinski definition) is 6. The number of ether oxygens (including phenoxy) is 4. The van der Waals surface area contributed by atoms with Gasteiger partial charge in [0.1, 0.15) is 23.2 Å². The smallest absolute Gasteiger partial charge is 0.443 e. The Morgan fingerprint density at radius 1 is 1.15 bits per heavy atom. The van der Waals surface area contributed by atoms with Gasteiger partial charge in [-0.2, -0.15) is 18.2 Å². The third-order valence-electron chi connectivity index (χ3n) is 5.59. The molecule has 1 aliphatic heterocycles. The van der Waals surface area contributed by atoms with Crippen LogP contribution in [0, 0.1) is 0 Å². The molecule has 3 aromatic rings. The van der Waals surface area contributed by atoms with Crippen molar-refractivity contribution in [3.8, 4) is 11.6 Å². The molecule has 8 nitrogen and oxygen atoms in total. The number of methoxy groups -OCH3 is 2. The number of rotatable bonds is 7. The Labute approximate surface area is 193 Å². The van der Waals surface area contributed by atoms with Crippen LogP contribution in [-0.4, -0.2) is 55.0 Å². The Kier molecular flexibility index (Phi) is 6.67. The van der Waals surface area contributed by atoms with Gasteiger partial charge in [0.25, 0.3) is 11.6 Å². The number of fused-ring (bicyclic) bond motifs is 1. The summed E-state index contributed by atoms with van der Waals surface area (Å²) in [6.07, 6.45) is -2.33. The zero-order valence-electron chi connectivity index (χ0n) is 18.6. The molecule has 1 saturated heterocycles. The minimum absolute atomic E-state index is 0.0353. The first-order valence-electron chi connectivity index (χ1n) is 10.6. The molecule has 0 saturated carbocycles. The zero-order valence-corrected chi connectivity index (χ0v) is 18.6. The van der Waals surface area contributed by atoms with Gasteiger partial charge in [0.2, 0.25) is 5.88 Å². The first-order valence-corrected chi connectivity index (χ1v) is 10.6. The van der Waals surface area contributed by atoms with Crippen LogP contribution in [0.1, 0.15) is 28.9 Å². The zero-order chi connectivity index (χ0) is 24.3. The lowest BCUT2D eigenvalue weighted by molar-refractivity contribution is -0.287. The number of imidazole rings is 1. The summed E-state index contributed by atoms with van der Waals surface area (Å²) in [5.41, 5.74) is -3.60. The van der Waals surface area contributed by atoms with Gasteiger partial charge in [-0.15, -0.1) is 0 Å². The molecular weight excluding hydrogens is 455 g/mol. The number of amides is 1. The van der Waals surface area contributed by atoms with Gasteiger partial charge in [0.05, 0.1) is 20.3 Å². The molecule has 1 amide bonds. The number of carbonyl (C=O) groups excluding carboxylic acids is 1. The molecular formula is C23H24F3N3O5. The molecule has 0 aliphatic carbocycles. The Bertz CT molecular complexity index is 1150. The van der Waals surface area contributed by atoms with Crippen LogP contribution in [-0.2, 0) is 15.2 Å². The minimum Gasteiger partial charge on any atom is -0.490 e. The molecule has 1 atom stereocenters. The van der Waals surface area contributed by atoms with Gasteiger partial charge in [-0.1, -0.05) is 18.2 Å². The Balaban J connectivity index is 1.78. The molecule has 0 spiro atoms. The maximum atomic E-state index is 14.6. The second-order valence-electron chi connectivity index (χ2n) is 7.69. The molecule has 4 rings (SSSR count). The quantitative estimate of drug-likeness (QED) is 0.521. The minimum atomic E-state index is -5.06. The van der Waals surface area contributed by atoms with Crippen LogP contribution in [0.2, 0.25) is 0 Å². The number of carbonyl (C=O) groups is 1. The van der Waals surface area contributed by atoms with Gasteiger partial charge < -0.3 is 24.3 Å². The number of pyridine rings is 1. The molecule has 2 aromatic heterocycles. The maximum Gasteiger partial charge on any atom is 0.443 e. The Morgan fingerprint density at radius 3 is 2.47 bits per heavy atom. The maximum absolute atomic E-state index is 14.6. The standard InChI is InChI=1S/C23H24F3N3O5/c1-31-21-19(22(32-2,23(24,25)26)28-20(30)15-6-4-3-5-7-15)29-11-8-17(14-18(29)27-21)34-16-9-12-33-13-10-16/h3-8,11,14,16H,9-10,12-13H2,1-2H3,(H,28,30). The number of nitrogens with one attached hydrogen (secondary N) is 1. The van der Waals surface area contributed by atoms with Gasteiger partial charge in [-0.25, -0.2) is 0 Å². The fourth-order valence-corrected chi connectivity index (χ4v) is 3.88. The van der Waals surface area contributed by atoms with E-state index in [2.05, 4.69) is 4.98 Å². The number of alkyl halides is 3. The van der Waals surface area contributed by atoms with E-state index in [0.29, 0.717) is 31.8 Å². The van der Waals surface area contributed by atoms with E-state index in [1.165, 1.54) is 37.6 Å². The second kappa shape index (κ2) is 9.51. The summed E-state index contributed by atoms with van der Waals surface area (Å²) in [5.74, 6) is -0.881. The topological polar surface area (TPSA) is 83.3 Å². The summed E-state index contributed by atoms with van der Waals surface area (Å²) in [6.45, 7) is 1.16. The molecule has 0 bridgehead atoms. The van der Waals surface area contributed by atoms with Gasteiger partial charge >= 0.3 is 6.18 Å². The molecule has 3 heterocycles. The largest absolute Gasteiger partial charge is 0.490 e. The number of aromatic nitrogens is 2. The van der Waals surface area contributed by atoms with E-state index in [0.717, 1.165) is 11.5 Å². The van der Waals surface area contributed by atoms with Crippen LogP contribution in [0.4, 0.5) is 13.2 Å². The summed E-state index contributed by atoms with van der Waals surface area (Å²) in [4.78, 5) is 17.0. The second-order valence-corrected chi connectivity index (χ2v) is 7.69. The highest BCUT2D eigenvalue weighted by Gasteiger charge is 2.62. The lowest BCUT2D eigenvalue weighted by Gasteiger charge is -2.34. The summed E-state index contributed by atoms with van der Waals surface area (Å²) in [7, 11) is 2.06. The van der Waals surface area contributed by atoms with Crippen molar-refractivity contribution < 1.29 is 36.9 Å². The summed E-state index contributed by atoms with van der Waals surface area (Å²) in [6, 6.07) is 10.6. The lowest BCUT2D eigenvalue weighted by atomic mass is 10.1. The van der Waals surface area contributed by atoms with Crippen LogP contribution in [0.3, 0.4) is 0 Å². The van der Waals surface area contributed by atoms with E-state index in [1.54, 1.807) is 18.2 Å². The fraction of sp³-hybridized carbons (Fsp3) is 0.391. The van der Waals surface area contributed by atoms with Crippen molar-refractivity contribution in [2.75, 3.05) is 27.4 Å². The number of benzene rings is 1. The van der Waals surface area contributed by atoms with Crippen molar-refractivity contribution in [2.24, 2.45) is 0 Å². The molecule has 0 radical (unpaired) electrons. The first-order chi connectivity index (χ1) is 16.3. The van der Waals surface area contributed by atoms with Gasteiger partial charge in [-0.3, -0.25) is 9.20 Å².